The Bertz CT molecular complexity index is 341. The van der Waals surface area contributed by atoms with Gasteiger partial charge < -0.3 is 10.0 Å². The standard InChI is InChI=1S/C11H15BrN2O/c1-14(10-2-3-10)7-11(15)8-4-9(12)6-13-5-8/h4-6,10-11,15H,2-3,7H2,1H3. The number of likely N-dealkylation sites (N-methyl/N-ethyl adjacent to an activating group) is 1. The van der Waals surface area contributed by atoms with Gasteiger partial charge in [0, 0.05) is 35.0 Å². The van der Waals surface area contributed by atoms with Gasteiger partial charge in [0.1, 0.15) is 0 Å². The van der Waals surface area contributed by atoms with E-state index in [2.05, 4.69) is 32.9 Å². The predicted molar refractivity (Wildman–Crippen MR) is 62.5 cm³/mol. The minimum absolute atomic E-state index is 0.444. The Morgan fingerprint density at radius 1 is 1.60 bits per heavy atom. The summed E-state index contributed by atoms with van der Waals surface area (Å²) in [5, 5.41) is 9.99. The van der Waals surface area contributed by atoms with Crippen LogP contribution in [-0.2, 0) is 0 Å². The van der Waals surface area contributed by atoms with E-state index in [1.54, 1.807) is 12.4 Å². The van der Waals surface area contributed by atoms with Crippen molar-refractivity contribution in [2.45, 2.75) is 25.0 Å². The molecular weight excluding hydrogens is 256 g/mol. The van der Waals surface area contributed by atoms with E-state index in [0.717, 1.165) is 10.0 Å². The maximum absolute atomic E-state index is 9.99. The van der Waals surface area contributed by atoms with Gasteiger partial charge in [-0.25, -0.2) is 0 Å². The number of aliphatic hydroxyl groups is 1. The third-order valence-corrected chi connectivity index (χ3v) is 3.18. The van der Waals surface area contributed by atoms with Crippen molar-refractivity contribution in [3.63, 3.8) is 0 Å². The third kappa shape index (κ3) is 3.00. The second-order valence-electron chi connectivity index (χ2n) is 4.12. The molecule has 0 bridgehead atoms. The van der Waals surface area contributed by atoms with Gasteiger partial charge in [-0.15, -0.1) is 0 Å². The van der Waals surface area contributed by atoms with E-state index >= 15 is 0 Å². The summed E-state index contributed by atoms with van der Waals surface area (Å²) in [5.41, 5.74) is 0.872. The van der Waals surface area contributed by atoms with Crippen LogP contribution in [-0.4, -0.2) is 34.6 Å². The molecule has 15 heavy (non-hydrogen) atoms. The molecule has 0 aromatic carbocycles. The summed E-state index contributed by atoms with van der Waals surface area (Å²) in [6.07, 6.45) is 5.53. The summed E-state index contributed by atoms with van der Waals surface area (Å²) in [5.74, 6) is 0. The lowest BCUT2D eigenvalue weighted by Crippen LogP contribution is -2.26. The zero-order valence-corrected chi connectivity index (χ0v) is 10.3. The van der Waals surface area contributed by atoms with E-state index < -0.39 is 6.10 Å². The van der Waals surface area contributed by atoms with Crippen molar-refractivity contribution in [1.82, 2.24) is 9.88 Å². The highest BCUT2D eigenvalue weighted by molar-refractivity contribution is 9.10. The van der Waals surface area contributed by atoms with Crippen LogP contribution in [0.4, 0.5) is 0 Å². The van der Waals surface area contributed by atoms with Crippen LogP contribution in [0.1, 0.15) is 24.5 Å². The lowest BCUT2D eigenvalue weighted by molar-refractivity contribution is 0.123. The summed E-state index contributed by atoms with van der Waals surface area (Å²) in [7, 11) is 2.06. The topological polar surface area (TPSA) is 36.4 Å². The number of hydrogen-bond acceptors (Lipinski definition) is 3. The first-order valence-corrected chi connectivity index (χ1v) is 5.95. The van der Waals surface area contributed by atoms with Gasteiger partial charge in [-0.2, -0.15) is 0 Å². The Balaban J connectivity index is 1.97. The lowest BCUT2D eigenvalue weighted by Gasteiger charge is -2.20. The van der Waals surface area contributed by atoms with Crippen LogP contribution in [0.3, 0.4) is 0 Å². The number of aromatic nitrogens is 1. The van der Waals surface area contributed by atoms with E-state index in [-0.39, 0.29) is 0 Å². The molecule has 0 aliphatic heterocycles. The Hall–Kier alpha value is -0.450. The number of halogens is 1. The largest absolute Gasteiger partial charge is 0.387 e. The predicted octanol–water partition coefficient (Wildman–Crippen LogP) is 1.97. The molecule has 1 unspecified atom stereocenters. The molecule has 0 amide bonds. The number of rotatable bonds is 4. The van der Waals surface area contributed by atoms with E-state index in [1.165, 1.54) is 12.8 Å². The summed E-state index contributed by atoms with van der Waals surface area (Å²) in [4.78, 5) is 6.26. The van der Waals surface area contributed by atoms with Gasteiger partial charge in [-0.3, -0.25) is 4.98 Å². The first kappa shape index (κ1) is 11.0. The first-order chi connectivity index (χ1) is 7.16. The van der Waals surface area contributed by atoms with E-state index in [0.29, 0.717) is 12.6 Å². The first-order valence-electron chi connectivity index (χ1n) is 5.15. The van der Waals surface area contributed by atoms with Crippen molar-refractivity contribution < 1.29 is 5.11 Å². The highest BCUT2D eigenvalue weighted by Crippen LogP contribution is 2.27. The van der Waals surface area contributed by atoms with Crippen molar-refractivity contribution in [3.8, 4) is 0 Å². The molecule has 1 N–H and O–H groups in total. The maximum Gasteiger partial charge on any atom is 0.0932 e. The Morgan fingerprint density at radius 2 is 2.33 bits per heavy atom. The molecular formula is C11H15BrN2O. The average Bonchev–Trinajstić information content (AvgIpc) is 3.00. The van der Waals surface area contributed by atoms with Gasteiger partial charge in [-0.1, -0.05) is 0 Å². The van der Waals surface area contributed by atoms with Crippen LogP contribution >= 0.6 is 15.9 Å². The Morgan fingerprint density at radius 3 is 2.93 bits per heavy atom. The van der Waals surface area contributed by atoms with E-state index in [1.807, 2.05) is 6.07 Å². The van der Waals surface area contributed by atoms with Crippen LogP contribution in [0.2, 0.25) is 0 Å². The molecule has 1 aliphatic rings. The van der Waals surface area contributed by atoms with Crippen LogP contribution < -0.4 is 0 Å². The van der Waals surface area contributed by atoms with Gasteiger partial charge in [0.05, 0.1) is 6.10 Å². The lowest BCUT2D eigenvalue weighted by atomic mass is 10.1. The van der Waals surface area contributed by atoms with Crippen LogP contribution in [0.15, 0.2) is 22.9 Å². The minimum atomic E-state index is -0.444. The zero-order chi connectivity index (χ0) is 10.8. The van der Waals surface area contributed by atoms with Gasteiger partial charge in [0.15, 0.2) is 0 Å². The molecule has 1 aliphatic carbocycles. The molecule has 3 nitrogen and oxygen atoms in total. The van der Waals surface area contributed by atoms with E-state index in [4.69, 9.17) is 0 Å². The fourth-order valence-electron chi connectivity index (χ4n) is 1.65. The molecule has 1 aromatic rings. The van der Waals surface area contributed by atoms with Crippen LogP contribution in [0, 0.1) is 0 Å². The quantitative estimate of drug-likeness (QED) is 0.909. The molecule has 2 rings (SSSR count). The molecule has 1 fully saturated rings. The molecule has 0 saturated heterocycles. The number of nitrogens with zero attached hydrogens (tertiary/aromatic N) is 2. The summed E-state index contributed by atoms with van der Waals surface area (Å²) in [6, 6.07) is 2.60. The van der Waals surface area contributed by atoms with Gasteiger partial charge in [0.2, 0.25) is 0 Å². The van der Waals surface area contributed by atoms with Crippen molar-refractivity contribution in [2.75, 3.05) is 13.6 Å². The molecule has 1 saturated carbocycles. The molecule has 1 heterocycles. The van der Waals surface area contributed by atoms with Crippen molar-refractivity contribution >= 4 is 15.9 Å². The van der Waals surface area contributed by atoms with Gasteiger partial charge in [-0.05, 0) is 41.9 Å². The Labute approximate surface area is 98.3 Å². The SMILES string of the molecule is CN(CC(O)c1cncc(Br)c1)C1CC1. The van der Waals surface area contributed by atoms with Crippen molar-refractivity contribution in [1.29, 1.82) is 0 Å². The Kier molecular flexibility index (Phi) is 3.38. The van der Waals surface area contributed by atoms with Crippen molar-refractivity contribution in [2.24, 2.45) is 0 Å². The molecule has 1 aromatic heterocycles. The molecule has 0 spiro atoms. The molecule has 0 radical (unpaired) electrons. The molecule has 4 heteroatoms. The minimum Gasteiger partial charge on any atom is -0.387 e. The van der Waals surface area contributed by atoms with Gasteiger partial charge in [0.25, 0.3) is 0 Å². The highest BCUT2D eigenvalue weighted by Gasteiger charge is 2.27. The summed E-state index contributed by atoms with van der Waals surface area (Å²) < 4.78 is 0.910. The molecule has 82 valence electrons. The normalized spacial score (nSPS) is 18.1. The van der Waals surface area contributed by atoms with E-state index in [9.17, 15) is 5.11 Å². The fourth-order valence-corrected chi connectivity index (χ4v) is 2.04. The number of aliphatic hydroxyl groups excluding tert-OH is 1. The smallest absolute Gasteiger partial charge is 0.0932 e. The van der Waals surface area contributed by atoms with Crippen LogP contribution in [0.5, 0.6) is 0 Å². The third-order valence-electron chi connectivity index (χ3n) is 2.74. The summed E-state index contributed by atoms with van der Waals surface area (Å²) in [6.45, 7) is 0.683. The second kappa shape index (κ2) is 4.60. The maximum atomic E-state index is 9.99. The number of pyridine rings is 1. The summed E-state index contributed by atoms with van der Waals surface area (Å²) >= 11 is 3.35. The average molecular weight is 271 g/mol. The monoisotopic (exact) mass is 270 g/mol. The fraction of sp³-hybridized carbons (Fsp3) is 0.545. The second-order valence-corrected chi connectivity index (χ2v) is 5.04. The van der Waals surface area contributed by atoms with Crippen molar-refractivity contribution in [3.05, 3.63) is 28.5 Å². The zero-order valence-electron chi connectivity index (χ0n) is 8.73. The van der Waals surface area contributed by atoms with Crippen LogP contribution in [0.25, 0.3) is 0 Å². The number of hydrogen-bond donors (Lipinski definition) is 1. The van der Waals surface area contributed by atoms with Gasteiger partial charge >= 0.3 is 0 Å². The molecule has 1 atom stereocenters. The highest BCUT2D eigenvalue weighted by atomic mass is 79.9.